The van der Waals surface area contributed by atoms with Crippen molar-refractivity contribution in [3.63, 3.8) is 0 Å². The molecule has 1 aromatic carbocycles. The standard InChI is InChI=1S/C23H30N4O2/c28-22(24-11-14-27-12-4-1-5-13-27)18-8-6-7-17(15-18)16-21-19-9-2-3-10-20(19)23(29)26-25-21/h6-8,15H,1-5,9-14,16H2,(H,24,28)(H,26,29). The Labute approximate surface area is 171 Å². The number of nitrogens with one attached hydrogen (secondary N) is 2. The number of aromatic nitrogens is 2. The van der Waals surface area contributed by atoms with Crippen molar-refractivity contribution in [1.82, 2.24) is 20.4 Å². The molecule has 1 aliphatic heterocycles. The van der Waals surface area contributed by atoms with Crippen LogP contribution in [-0.4, -0.2) is 47.2 Å². The third kappa shape index (κ3) is 4.93. The van der Waals surface area contributed by atoms with E-state index in [1.165, 1.54) is 19.3 Å². The molecule has 0 saturated carbocycles. The summed E-state index contributed by atoms with van der Waals surface area (Å²) in [6.07, 6.45) is 8.39. The Morgan fingerprint density at radius 3 is 2.69 bits per heavy atom. The molecule has 1 amide bonds. The number of hydrogen-bond donors (Lipinski definition) is 2. The van der Waals surface area contributed by atoms with Gasteiger partial charge in [-0.05, 0) is 74.9 Å². The SMILES string of the molecule is O=C(NCCN1CCCCC1)c1cccc(Cc2n[nH]c(=O)c3c2CCCC3)c1. The number of hydrogen-bond acceptors (Lipinski definition) is 4. The molecule has 2 heterocycles. The topological polar surface area (TPSA) is 78.1 Å². The van der Waals surface area contributed by atoms with Crippen molar-refractivity contribution in [2.45, 2.75) is 51.4 Å². The average molecular weight is 395 g/mol. The molecule has 0 spiro atoms. The molecule has 4 rings (SSSR count). The van der Waals surface area contributed by atoms with Gasteiger partial charge in [0.05, 0.1) is 5.69 Å². The normalized spacial score (nSPS) is 17.0. The lowest BCUT2D eigenvalue weighted by Crippen LogP contribution is -2.37. The fraction of sp³-hybridized carbons (Fsp3) is 0.522. The zero-order chi connectivity index (χ0) is 20.1. The number of fused-ring (bicyclic) bond motifs is 1. The molecule has 2 aliphatic rings. The van der Waals surface area contributed by atoms with Gasteiger partial charge in [0.15, 0.2) is 0 Å². The lowest BCUT2D eigenvalue weighted by Gasteiger charge is -2.26. The number of benzene rings is 1. The van der Waals surface area contributed by atoms with Crippen molar-refractivity contribution in [2.24, 2.45) is 0 Å². The maximum atomic E-state index is 12.6. The van der Waals surface area contributed by atoms with Crippen LogP contribution in [0.5, 0.6) is 0 Å². The van der Waals surface area contributed by atoms with Gasteiger partial charge in [0.1, 0.15) is 0 Å². The largest absolute Gasteiger partial charge is 0.351 e. The fourth-order valence-electron chi connectivity index (χ4n) is 4.50. The Morgan fingerprint density at radius 1 is 1.07 bits per heavy atom. The predicted molar refractivity (Wildman–Crippen MR) is 113 cm³/mol. The van der Waals surface area contributed by atoms with Gasteiger partial charge < -0.3 is 10.2 Å². The van der Waals surface area contributed by atoms with Crippen molar-refractivity contribution >= 4 is 5.91 Å². The molecule has 0 unspecified atom stereocenters. The molecular weight excluding hydrogens is 364 g/mol. The predicted octanol–water partition coefficient (Wildman–Crippen LogP) is 2.46. The van der Waals surface area contributed by atoms with Crippen molar-refractivity contribution in [2.75, 3.05) is 26.2 Å². The lowest BCUT2D eigenvalue weighted by molar-refractivity contribution is 0.0946. The van der Waals surface area contributed by atoms with Crippen LogP contribution in [0.15, 0.2) is 29.1 Å². The second kappa shape index (κ2) is 9.35. The molecule has 2 N–H and O–H groups in total. The van der Waals surface area contributed by atoms with Crippen LogP contribution in [-0.2, 0) is 19.3 Å². The number of likely N-dealkylation sites (tertiary alicyclic amines) is 1. The second-order valence-electron chi connectivity index (χ2n) is 8.20. The smallest absolute Gasteiger partial charge is 0.267 e. The highest BCUT2D eigenvalue weighted by molar-refractivity contribution is 5.94. The molecule has 1 saturated heterocycles. The van der Waals surface area contributed by atoms with E-state index >= 15 is 0 Å². The van der Waals surface area contributed by atoms with Crippen LogP contribution >= 0.6 is 0 Å². The average Bonchev–Trinajstić information content (AvgIpc) is 2.77. The number of piperidine rings is 1. The number of H-pyrrole nitrogens is 1. The van der Waals surface area contributed by atoms with Crippen molar-refractivity contribution in [3.8, 4) is 0 Å². The van der Waals surface area contributed by atoms with Gasteiger partial charge in [-0.2, -0.15) is 5.10 Å². The van der Waals surface area contributed by atoms with Crippen LogP contribution in [0.1, 0.15) is 64.8 Å². The zero-order valence-electron chi connectivity index (χ0n) is 17.0. The number of carbonyl (C=O) groups is 1. The van der Waals surface area contributed by atoms with Crippen LogP contribution in [0.3, 0.4) is 0 Å². The highest BCUT2D eigenvalue weighted by atomic mass is 16.1. The van der Waals surface area contributed by atoms with E-state index in [4.69, 9.17) is 0 Å². The molecule has 29 heavy (non-hydrogen) atoms. The van der Waals surface area contributed by atoms with E-state index in [0.717, 1.165) is 67.7 Å². The number of nitrogens with zero attached hydrogens (tertiary/aromatic N) is 2. The van der Waals surface area contributed by atoms with Gasteiger partial charge in [-0.25, -0.2) is 5.10 Å². The van der Waals surface area contributed by atoms with Gasteiger partial charge in [-0.1, -0.05) is 18.6 Å². The maximum absolute atomic E-state index is 12.6. The van der Waals surface area contributed by atoms with Gasteiger partial charge in [-0.3, -0.25) is 9.59 Å². The summed E-state index contributed by atoms with van der Waals surface area (Å²) in [5.74, 6) is -0.0275. The van der Waals surface area contributed by atoms with Gasteiger partial charge in [-0.15, -0.1) is 0 Å². The molecule has 0 radical (unpaired) electrons. The van der Waals surface area contributed by atoms with E-state index in [1.807, 2.05) is 24.3 Å². The van der Waals surface area contributed by atoms with Crippen LogP contribution < -0.4 is 10.9 Å². The first kappa shape index (κ1) is 19.8. The van der Waals surface area contributed by atoms with Gasteiger partial charge in [0, 0.05) is 30.6 Å². The summed E-state index contributed by atoms with van der Waals surface area (Å²) < 4.78 is 0. The van der Waals surface area contributed by atoms with Gasteiger partial charge >= 0.3 is 0 Å². The number of aromatic amines is 1. The Morgan fingerprint density at radius 2 is 1.86 bits per heavy atom. The zero-order valence-corrected chi connectivity index (χ0v) is 17.0. The summed E-state index contributed by atoms with van der Waals surface area (Å²) in [7, 11) is 0. The molecule has 6 nitrogen and oxygen atoms in total. The quantitative estimate of drug-likeness (QED) is 0.789. The summed E-state index contributed by atoms with van der Waals surface area (Å²) in [4.78, 5) is 27.0. The number of rotatable bonds is 6. The van der Waals surface area contributed by atoms with Crippen LogP contribution in [0.4, 0.5) is 0 Å². The van der Waals surface area contributed by atoms with Crippen molar-refractivity contribution < 1.29 is 4.79 Å². The summed E-state index contributed by atoms with van der Waals surface area (Å²) in [6.45, 7) is 3.88. The molecule has 6 heteroatoms. The van der Waals surface area contributed by atoms with Crippen LogP contribution in [0, 0.1) is 0 Å². The second-order valence-corrected chi connectivity index (χ2v) is 8.20. The first-order valence-corrected chi connectivity index (χ1v) is 10.9. The number of carbonyl (C=O) groups excluding carboxylic acids is 1. The lowest BCUT2D eigenvalue weighted by atomic mass is 9.90. The van der Waals surface area contributed by atoms with Crippen LogP contribution in [0.25, 0.3) is 0 Å². The van der Waals surface area contributed by atoms with E-state index < -0.39 is 0 Å². The fourth-order valence-corrected chi connectivity index (χ4v) is 4.50. The van der Waals surface area contributed by atoms with E-state index in [9.17, 15) is 9.59 Å². The molecule has 1 fully saturated rings. The minimum absolute atomic E-state index is 0.0275. The number of amides is 1. The molecule has 2 aromatic rings. The summed E-state index contributed by atoms with van der Waals surface area (Å²) >= 11 is 0. The van der Waals surface area contributed by atoms with Crippen LogP contribution in [0.2, 0.25) is 0 Å². The molecule has 0 atom stereocenters. The Bertz CT molecular complexity index is 915. The van der Waals surface area contributed by atoms with E-state index in [1.54, 1.807) is 0 Å². The van der Waals surface area contributed by atoms with E-state index in [0.29, 0.717) is 18.5 Å². The van der Waals surface area contributed by atoms with Gasteiger partial charge in [0.2, 0.25) is 0 Å². The third-order valence-electron chi connectivity index (χ3n) is 6.11. The summed E-state index contributed by atoms with van der Waals surface area (Å²) in [5.41, 5.74) is 4.61. The highest BCUT2D eigenvalue weighted by Gasteiger charge is 2.18. The maximum Gasteiger partial charge on any atom is 0.267 e. The molecule has 154 valence electrons. The van der Waals surface area contributed by atoms with Crippen molar-refractivity contribution in [3.05, 3.63) is 62.6 Å². The minimum atomic E-state index is -0.0507. The first-order valence-electron chi connectivity index (χ1n) is 10.9. The Hall–Kier alpha value is -2.47. The third-order valence-corrected chi connectivity index (χ3v) is 6.11. The molecule has 1 aromatic heterocycles. The molecule has 1 aliphatic carbocycles. The highest BCUT2D eigenvalue weighted by Crippen LogP contribution is 2.22. The monoisotopic (exact) mass is 394 g/mol. The van der Waals surface area contributed by atoms with Crippen molar-refractivity contribution in [1.29, 1.82) is 0 Å². The Kier molecular flexibility index (Phi) is 6.39. The molecule has 0 bridgehead atoms. The van der Waals surface area contributed by atoms with E-state index in [-0.39, 0.29) is 11.5 Å². The minimum Gasteiger partial charge on any atom is -0.351 e. The summed E-state index contributed by atoms with van der Waals surface area (Å²) in [6, 6.07) is 7.74. The van der Waals surface area contributed by atoms with E-state index in [2.05, 4.69) is 20.4 Å². The van der Waals surface area contributed by atoms with Gasteiger partial charge in [0.25, 0.3) is 11.5 Å². The Balaban J connectivity index is 1.40. The molecular formula is C23H30N4O2. The summed E-state index contributed by atoms with van der Waals surface area (Å²) in [5, 5.41) is 10.0. The first-order chi connectivity index (χ1) is 14.2.